The number of hydrogen-bond acceptors (Lipinski definition) is 3. The van der Waals surface area contributed by atoms with Gasteiger partial charge in [-0.25, -0.2) is 4.39 Å². The standard InChI is InChI=1S/C22H19ClF4N4O.C2H6/c23-19-20(15-4-2-1-3-5-15)31(28-21(19)22(25,26)27)14-18(32)30-12-10-29(11-13-30)17-8-6-16(24)7-9-17;1-2/h1-9H,10-14H2;1-2H3. The zero-order valence-electron chi connectivity index (χ0n) is 18.8. The van der Waals surface area contributed by atoms with E-state index in [-0.39, 0.29) is 24.0 Å². The van der Waals surface area contributed by atoms with E-state index in [0.717, 1.165) is 10.4 Å². The minimum Gasteiger partial charge on any atom is -0.368 e. The highest BCUT2D eigenvalue weighted by Gasteiger charge is 2.39. The third kappa shape index (κ3) is 5.70. The fourth-order valence-corrected chi connectivity index (χ4v) is 4.05. The van der Waals surface area contributed by atoms with Crippen molar-refractivity contribution in [3.63, 3.8) is 0 Å². The maximum absolute atomic E-state index is 13.4. The van der Waals surface area contributed by atoms with Crippen LogP contribution in [0.5, 0.6) is 0 Å². The molecule has 2 heterocycles. The lowest BCUT2D eigenvalue weighted by molar-refractivity contribution is -0.142. The van der Waals surface area contributed by atoms with Crippen LogP contribution in [0.1, 0.15) is 19.5 Å². The first kappa shape index (κ1) is 25.6. The van der Waals surface area contributed by atoms with E-state index >= 15 is 0 Å². The second kappa shape index (κ2) is 10.9. The molecule has 0 saturated carbocycles. The van der Waals surface area contributed by atoms with Crippen molar-refractivity contribution in [1.82, 2.24) is 14.7 Å². The van der Waals surface area contributed by atoms with Gasteiger partial charge in [0, 0.05) is 37.4 Å². The van der Waals surface area contributed by atoms with Gasteiger partial charge in [0.05, 0.1) is 10.7 Å². The van der Waals surface area contributed by atoms with Crippen molar-refractivity contribution < 1.29 is 22.4 Å². The summed E-state index contributed by atoms with van der Waals surface area (Å²) in [6.45, 7) is 5.46. The third-order valence-electron chi connectivity index (χ3n) is 5.32. The van der Waals surface area contributed by atoms with Gasteiger partial charge in [0.2, 0.25) is 5.91 Å². The summed E-state index contributed by atoms with van der Waals surface area (Å²) in [5.74, 6) is -0.679. The van der Waals surface area contributed by atoms with Crippen LogP contribution >= 0.6 is 11.6 Å². The zero-order chi connectivity index (χ0) is 24.9. The number of carbonyl (C=O) groups excluding carboxylic acids is 1. The van der Waals surface area contributed by atoms with Crippen molar-refractivity contribution in [3.8, 4) is 11.3 Å². The van der Waals surface area contributed by atoms with E-state index in [1.54, 1.807) is 47.4 Å². The predicted molar refractivity (Wildman–Crippen MR) is 124 cm³/mol. The molecule has 1 amide bonds. The molecular formula is C24H25ClF4N4O. The molecule has 1 fully saturated rings. The van der Waals surface area contributed by atoms with E-state index in [4.69, 9.17) is 11.6 Å². The first-order chi connectivity index (χ1) is 16.2. The average Bonchev–Trinajstić information content (AvgIpc) is 3.17. The maximum Gasteiger partial charge on any atom is 0.436 e. The summed E-state index contributed by atoms with van der Waals surface area (Å²) in [4.78, 5) is 16.5. The van der Waals surface area contributed by atoms with E-state index in [2.05, 4.69) is 5.10 Å². The monoisotopic (exact) mass is 496 g/mol. The summed E-state index contributed by atoms with van der Waals surface area (Å²) in [7, 11) is 0. The molecule has 0 radical (unpaired) electrons. The highest BCUT2D eigenvalue weighted by molar-refractivity contribution is 6.33. The number of benzene rings is 2. The Morgan fingerprint density at radius 2 is 1.56 bits per heavy atom. The van der Waals surface area contributed by atoms with Gasteiger partial charge >= 0.3 is 6.18 Å². The number of aromatic nitrogens is 2. The molecule has 2 aromatic carbocycles. The van der Waals surface area contributed by atoms with Crippen LogP contribution < -0.4 is 4.90 Å². The van der Waals surface area contributed by atoms with Gasteiger partial charge < -0.3 is 9.80 Å². The first-order valence-electron chi connectivity index (χ1n) is 10.9. The summed E-state index contributed by atoms with van der Waals surface area (Å²) in [5.41, 5.74) is 0.123. The first-order valence-corrected chi connectivity index (χ1v) is 11.3. The fraction of sp³-hybridized carbons (Fsp3) is 0.333. The van der Waals surface area contributed by atoms with Crippen molar-refractivity contribution in [2.75, 3.05) is 31.1 Å². The van der Waals surface area contributed by atoms with Gasteiger partial charge in [0.1, 0.15) is 12.4 Å². The van der Waals surface area contributed by atoms with Gasteiger partial charge in [0.25, 0.3) is 0 Å². The lowest BCUT2D eigenvalue weighted by atomic mass is 10.1. The minimum absolute atomic E-state index is 0.0536. The summed E-state index contributed by atoms with van der Waals surface area (Å²) in [5, 5.41) is 3.10. The second-order valence-electron chi connectivity index (χ2n) is 7.38. The van der Waals surface area contributed by atoms with Crippen molar-refractivity contribution >= 4 is 23.2 Å². The summed E-state index contributed by atoms with van der Waals surface area (Å²) in [6.07, 6.45) is -4.74. The summed E-state index contributed by atoms with van der Waals surface area (Å²) >= 11 is 6.05. The smallest absolute Gasteiger partial charge is 0.368 e. The number of anilines is 1. The van der Waals surface area contributed by atoms with Crippen LogP contribution in [0.2, 0.25) is 5.02 Å². The van der Waals surface area contributed by atoms with E-state index in [0.29, 0.717) is 31.7 Å². The van der Waals surface area contributed by atoms with E-state index < -0.39 is 16.9 Å². The molecule has 182 valence electrons. The Morgan fingerprint density at radius 3 is 2.12 bits per heavy atom. The Hall–Kier alpha value is -3.07. The number of hydrogen-bond donors (Lipinski definition) is 0. The van der Waals surface area contributed by atoms with Crippen LogP contribution in [0.3, 0.4) is 0 Å². The van der Waals surface area contributed by atoms with Gasteiger partial charge in [-0.1, -0.05) is 55.8 Å². The lowest BCUT2D eigenvalue weighted by Crippen LogP contribution is -2.49. The van der Waals surface area contributed by atoms with Crippen LogP contribution in [0.15, 0.2) is 54.6 Å². The molecule has 0 atom stereocenters. The van der Waals surface area contributed by atoms with Crippen LogP contribution in [0.25, 0.3) is 11.3 Å². The van der Waals surface area contributed by atoms with Crippen molar-refractivity contribution in [3.05, 3.63) is 71.1 Å². The fourth-order valence-electron chi connectivity index (χ4n) is 3.70. The van der Waals surface area contributed by atoms with Gasteiger partial charge in [-0.3, -0.25) is 9.48 Å². The number of piperazine rings is 1. The molecule has 10 heteroatoms. The Labute approximate surface area is 200 Å². The molecule has 4 rings (SSSR count). The molecule has 1 aliphatic heterocycles. The zero-order valence-corrected chi connectivity index (χ0v) is 19.6. The summed E-state index contributed by atoms with van der Waals surface area (Å²) < 4.78 is 54.3. The molecule has 1 aliphatic rings. The Morgan fingerprint density at radius 1 is 0.971 bits per heavy atom. The number of alkyl halides is 3. The van der Waals surface area contributed by atoms with Crippen LogP contribution in [0.4, 0.5) is 23.2 Å². The van der Waals surface area contributed by atoms with Crippen molar-refractivity contribution in [2.24, 2.45) is 0 Å². The Balaban J connectivity index is 0.00000158. The number of halogens is 5. The minimum atomic E-state index is -4.74. The molecule has 3 aromatic rings. The highest BCUT2D eigenvalue weighted by Crippen LogP contribution is 2.39. The predicted octanol–water partition coefficient (Wildman–Crippen LogP) is 5.74. The van der Waals surface area contributed by atoms with E-state index in [1.807, 2.05) is 18.7 Å². The SMILES string of the molecule is CC.O=C(Cn1nc(C(F)(F)F)c(Cl)c1-c1ccccc1)N1CCN(c2ccc(F)cc2)CC1. The number of nitrogens with zero attached hydrogens (tertiary/aromatic N) is 4. The van der Waals surface area contributed by atoms with Crippen LogP contribution in [0, 0.1) is 5.82 Å². The second-order valence-corrected chi connectivity index (χ2v) is 7.75. The molecule has 0 aliphatic carbocycles. The van der Waals surface area contributed by atoms with Gasteiger partial charge in [-0.2, -0.15) is 18.3 Å². The van der Waals surface area contributed by atoms with Crippen LogP contribution in [-0.2, 0) is 17.5 Å². The molecular weight excluding hydrogens is 472 g/mol. The normalized spacial score (nSPS) is 14.0. The Bertz CT molecular complexity index is 1090. The quantitative estimate of drug-likeness (QED) is 0.433. The molecule has 0 bridgehead atoms. The van der Waals surface area contributed by atoms with Gasteiger partial charge in [0.15, 0.2) is 5.69 Å². The van der Waals surface area contributed by atoms with E-state index in [1.165, 1.54) is 12.1 Å². The number of carbonyl (C=O) groups is 1. The topological polar surface area (TPSA) is 41.4 Å². The van der Waals surface area contributed by atoms with Crippen molar-refractivity contribution in [1.29, 1.82) is 0 Å². The Kier molecular flexibility index (Phi) is 8.19. The van der Waals surface area contributed by atoms with Crippen LogP contribution in [-0.4, -0.2) is 46.8 Å². The number of amides is 1. The van der Waals surface area contributed by atoms with E-state index in [9.17, 15) is 22.4 Å². The number of rotatable bonds is 4. The largest absolute Gasteiger partial charge is 0.436 e. The van der Waals surface area contributed by atoms with Crippen molar-refractivity contribution in [2.45, 2.75) is 26.6 Å². The molecule has 0 unspecified atom stereocenters. The van der Waals surface area contributed by atoms with Gasteiger partial charge in [-0.05, 0) is 24.3 Å². The maximum atomic E-state index is 13.4. The van der Waals surface area contributed by atoms with Gasteiger partial charge in [-0.15, -0.1) is 0 Å². The molecule has 1 saturated heterocycles. The third-order valence-corrected chi connectivity index (χ3v) is 5.68. The summed E-state index contributed by atoms with van der Waals surface area (Å²) in [6, 6.07) is 14.4. The average molecular weight is 497 g/mol. The highest BCUT2D eigenvalue weighted by atomic mass is 35.5. The molecule has 1 aromatic heterocycles. The lowest BCUT2D eigenvalue weighted by Gasteiger charge is -2.36. The molecule has 5 nitrogen and oxygen atoms in total. The molecule has 0 spiro atoms. The molecule has 34 heavy (non-hydrogen) atoms. The molecule has 0 N–H and O–H groups in total.